The number of fused-ring (bicyclic) bond motifs is 1. The molecule has 1 spiro atoms. The molecule has 32 heavy (non-hydrogen) atoms. The number of ether oxygens (including phenoxy) is 1. The van der Waals surface area contributed by atoms with Gasteiger partial charge in [-0.25, -0.2) is 0 Å². The van der Waals surface area contributed by atoms with Gasteiger partial charge in [-0.3, -0.25) is 9.59 Å². The number of carbonyl (C=O) groups is 2. The number of nitrogens with one attached hydrogen (secondary N) is 1. The molecule has 2 aromatic rings. The summed E-state index contributed by atoms with van der Waals surface area (Å²) in [5.41, 5.74) is 2.11. The summed E-state index contributed by atoms with van der Waals surface area (Å²) in [6, 6.07) is 8.13. The Labute approximate surface area is 189 Å². The van der Waals surface area contributed by atoms with Gasteiger partial charge in [0.05, 0.1) is 13.0 Å². The fourth-order valence-electron chi connectivity index (χ4n) is 4.52. The van der Waals surface area contributed by atoms with Gasteiger partial charge in [-0.1, -0.05) is 31.2 Å². The summed E-state index contributed by atoms with van der Waals surface area (Å²) in [5, 5.41) is 11.4. The first-order valence-electron chi connectivity index (χ1n) is 11.5. The molecule has 0 saturated carbocycles. The summed E-state index contributed by atoms with van der Waals surface area (Å²) in [6.07, 6.45) is 2.95. The highest BCUT2D eigenvalue weighted by atomic mass is 16.5. The third-order valence-corrected chi connectivity index (χ3v) is 6.93. The van der Waals surface area contributed by atoms with Gasteiger partial charge < -0.3 is 19.5 Å². The van der Waals surface area contributed by atoms with Crippen molar-refractivity contribution in [2.24, 2.45) is 5.41 Å². The van der Waals surface area contributed by atoms with Crippen LogP contribution in [0.3, 0.4) is 0 Å². The molecule has 0 radical (unpaired) electrons. The maximum atomic E-state index is 12.9. The fourth-order valence-corrected chi connectivity index (χ4v) is 4.52. The minimum atomic E-state index is -0.194. The molecule has 1 aromatic heterocycles. The third-order valence-electron chi connectivity index (χ3n) is 6.93. The first-order valence-corrected chi connectivity index (χ1v) is 11.5. The van der Waals surface area contributed by atoms with Crippen molar-refractivity contribution in [2.75, 3.05) is 19.7 Å². The number of hydrogen-bond donors (Lipinski definition) is 1. The molecule has 3 heterocycles. The summed E-state index contributed by atoms with van der Waals surface area (Å²) in [4.78, 5) is 27.6. The molecule has 1 unspecified atom stereocenters. The molecular formula is C24H33N5O3. The first-order chi connectivity index (χ1) is 15.4. The quantitative estimate of drug-likeness (QED) is 0.773. The van der Waals surface area contributed by atoms with E-state index in [1.165, 1.54) is 0 Å². The third kappa shape index (κ3) is 4.70. The van der Waals surface area contributed by atoms with E-state index >= 15 is 0 Å². The molecule has 8 nitrogen and oxygen atoms in total. The molecule has 1 atom stereocenters. The Morgan fingerprint density at radius 1 is 1.22 bits per heavy atom. The van der Waals surface area contributed by atoms with Gasteiger partial charge in [-0.15, -0.1) is 10.2 Å². The molecule has 2 aliphatic heterocycles. The average Bonchev–Trinajstić information content (AvgIpc) is 3.09. The SMILES string of the molecule is CCC(C)NC(=O)c1nnc2n1CC1(CCN(C(=O)Cc3ccccc3C)CC1)COC2. The molecule has 0 aliphatic carbocycles. The molecule has 172 valence electrons. The Hall–Kier alpha value is -2.74. The summed E-state index contributed by atoms with van der Waals surface area (Å²) in [6.45, 7) is 9.03. The van der Waals surface area contributed by atoms with Gasteiger partial charge in [0, 0.05) is 31.1 Å². The number of piperidine rings is 1. The van der Waals surface area contributed by atoms with Crippen molar-refractivity contribution >= 4 is 11.8 Å². The zero-order valence-electron chi connectivity index (χ0n) is 19.3. The van der Waals surface area contributed by atoms with Crippen molar-refractivity contribution in [3.8, 4) is 0 Å². The summed E-state index contributed by atoms with van der Waals surface area (Å²) in [5.74, 6) is 1.01. The highest BCUT2D eigenvalue weighted by molar-refractivity contribution is 5.90. The largest absolute Gasteiger partial charge is 0.373 e. The van der Waals surface area contributed by atoms with Gasteiger partial charge >= 0.3 is 0 Å². The molecule has 4 rings (SSSR count). The van der Waals surface area contributed by atoms with Crippen LogP contribution in [0.1, 0.15) is 60.7 Å². The molecular weight excluding hydrogens is 406 g/mol. The molecule has 0 bridgehead atoms. The predicted molar refractivity (Wildman–Crippen MR) is 120 cm³/mol. The van der Waals surface area contributed by atoms with Crippen LogP contribution in [-0.4, -0.2) is 57.2 Å². The number of amides is 2. The van der Waals surface area contributed by atoms with E-state index in [0.717, 1.165) is 30.4 Å². The summed E-state index contributed by atoms with van der Waals surface area (Å²) in [7, 11) is 0. The predicted octanol–water partition coefficient (Wildman–Crippen LogP) is 2.50. The Bertz CT molecular complexity index is 978. The second kappa shape index (κ2) is 9.40. The van der Waals surface area contributed by atoms with Gasteiger partial charge in [-0.2, -0.15) is 0 Å². The van der Waals surface area contributed by atoms with Crippen LogP contribution in [-0.2, 0) is 29.1 Å². The van der Waals surface area contributed by atoms with E-state index in [1.807, 2.05) is 54.5 Å². The number of aryl methyl sites for hydroxylation is 1. The van der Waals surface area contributed by atoms with Crippen molar-refractivity contribution in [3.63, 3.8) is 0 Å². The van der Waals surface area contributed by atoms with Gasteiger partial charge in [-0.05, 0) is 44.2 Å². The van der Waals surface area contributed by atoms with Crippen molar-refractivity contribution in [1.82, 2.24) is 25.0 Å². The topological polar surface area (TPSA) is 89.4 Å². The van der Waals surface area contributed by atoms with Crippen molar-refractivity contribution in [3.05, 3.63) is 47.0 Å². The monoisotopic (exact) mass is 439 g/mol. The van der Waals surface area contributed by atoms with Crippen LogP contribution in [0.2, 0.25) is 0 Å². The van der Waals surface area contributed by atoms with E-state index in [0.29, 0.717) is 50.9 Å². The normalized spacial score (nSPS) is 18.7. The maximum absolute atomic E-state index is 12.9. The Kier molecular flexibility index (Phi) is 6.60. The zero-order valence-corrected chi connectivity index (χ0v) is 19.3. The van der Waals surface area contributed by atoms with Crippen LogP contribution in [0.4, 0.5) is 0 Å². The van der Waals surface area contributed by atoms with Gasteiger partial charge in [0.2, 0.25) is 11.7 Å². The zero-order chi connectivity index (χ0) is 22.7. The van der Waals surface area contributed by atoms with Crippen LogP contribution in [0.5, 0.6) is 0 Å². The van der Waals surface area contributed by atoms with Gasteiger partial charge in [0.1, 0.15) is 6.61 Å². The minimum absolute atomic E-state index is 0.0777. The highest BCUT2D eigenvalue weighted by Gasteiger charge is 2.40. The van der Waals surface area contributed by atoms with Crippen LogP contribution in [0.15, 0.2) is 24.3 Å². The lowest BCUT2D eigenvalue weighted by Crippen LogP contribution is -2.47. The Morgan fingerprint density at radius 2 is 1.97 bits per heavy atom. The van der Waals surface area contributed by atoms with E-state index in [2.05, 4.69) is 15.5 Å². The maximum Gasteiger partial charge on any atom is 0.289 e. The molecule has 2 aliphatic rings. The number of benzene rings is 1. The summed E-state index contributed by atoms with van der Waals surface area (Å²) >= 11 is 0. The molecule has 1 aromatic carbocycles. The van der Waals surface area contributed by atoms with Crippen LogP contribution < -0.4 is 5.32 Å². The van der Waals surface area contributed by atoms with Crippen LogP contribution >= 0.6 is 0 Å². The number of likely N-dealkylation sites (tertiary alicyclic amines) is 1. The number of carbonyl (C=O) groups excluding carboxylic acids is 2. The van der Waals surface area contributed by atoms with Gasteiger partial charge in [0.15, 0.2) is 5.82 Å². The van der Waals surface area contributed by atoms with Crippen LogP contribution in [0, 0.1) is 12.3 Å². The lowest BCUT2D eigenvalue weighted by molar-refractivity contribution is -0.133. The number of rotatable bonds is 5. The standard InChI is InChI=1S/C24H33N5O3/c1-4-18(3)25-23(31)22-27-26-20-14-32-16-24(15-29(20)22)9-11-28(12-10-24)21(30)13-19-8-6-5-7-17(19)2/h5-8,18H,4,9-16H2,1-3H3,(H,25,31). The smallest absolute Gasteiger partial charge is 0.289 e. The lowest BCUT2D eigenvalue weighted by atomic mass is 9.78. The lowest BCUT2D eigenvalue weighted by Gasteiger charge is -2.41. The van der Waals surface area contributed by atoms with Gasteiger partial charge in [0.25, 0.3) is 5.91 Å². The van der Waals surface area contributed by atoms with E-state index in [9.17, 15) is 9.59 Å². The van der Waals surface area contributed by atoms with Crippen molar-refractivity contribution < 1.29 is 14.3 Å². The second-order valence-electron chi connectivity index (χ2n) is 9.29. The average molecular weight is 440 g/mol. The molecule has 1 saturated heterocycles. The first kappa shape index (κ1) is 22.5. The van der Waals surface area contributed by atoms with E-state index < -0.39 is 0 Å². The highest BCUT2D eigenvalue weighted by Crippen LogP contribution is 2.36. The minimum Gasteiger partial charge on any atom is -0.373 e. The molecule has 1 fully saturated rings. The summed E-state index contributed by atoms with van der Waals surface area (Å²) < 4.78 is 7.88. The molecule has 1 N–H and O–H groups in total. The van der Waals surface area contributed by atoms with Crippen LogP contribution in [0.25, 0.3) is 0 Å². The van der Waals surface area contributed by atoms with E-state index in [1.54, 1.807) is 0 Å². The van der Waals surface area contributed by atoms with Crippen molar-refractivity contribution in [1.29, 1.82) is 0 Å². The second-order valence-corrected chi connectivity index (χ2v) is 9.29. The number of aromatic nitrogens is 3. The number of hydrogen-bond acceptors (Lipinski definition) is 5. The fraction of sp³-hybridized carbons (Fsp3) is 0.583. The van der Waals surface area contributed by atoms with E-state index in [-0.39, 0.29) is 23.3 Å². The Balaban J connectivity index is 1.43. The number of nitrogens with zero attached hydrogens (tertiary/aromatic N) is 4. The Morgan fingerprint density at radius 3 is 2.69 bits per heavy atom. The van der Waals surface area contributed by atoms with E-state index in [4.69, 9.17) is 4.74 Å². The van der Waals surface area contributed by atoms with Crippen molar-refractivity contribution in [2.45, 2.75) is 65.6 Å². The molecule has 2 amide bonds. The molecule has 8 heteroatoms.